The van der Waals surface area contributed by atoms with Gasteiger partial charge in [0.05, 0.1) is 5.69 Å². The van der Waals surface area contributed by atoms with Gasteiger partial charge in [0.15, 0.2) is 0 Å². The minimum Gasteiger partial charge on any atom is -0.477 e. The molecule has 5 heteroatoms. The molecule has 0 unspecified atom stereocenters. The first-order chi connectivity index (χ1) is 9.20. The van der Waals surface area contributed by atoms with Gasteiger partial charge in [0, 0.05) is 24.2 Å². The Balaban J connectivity index is 1.90. The van der Waals surface area contributed by atoms with Gasteiger partial charge in [0.2, 0.25) is 0 Å². The molecule has 0 bridgehead atoms. The van der Waals surface area contributed by atoms with Crippen LogP contribution in [0.4, 0.5) is 0 Å². The number of nitrogens with zero attached hydrogens (tertiary/aromatic N) is 1. The van der Waals surface area contributed by atoms with Crippen LogP contribution in [0.5, 0.6) is 0 Å². The monoisotopic (exact) mass is 276 g/mol. The van der Waals surface area contributed by atoms with E-state index in [1.165, 1.54) is 16.9 Å². The molecule has 2 heterocycles. The van der Waals surface area contributed by atoms with Crippen LogP contribution in [0.2, 0.25) is 0 Å². The molecule has 0 radical (unpaired) electrons. The minimum atomic E-state index is -0.866. The van der Waals surface area contributed by atoms with Gasteiger partial charge in [-0.25, -0.2) is 4.79 Å². The summed E-state index contributed by atoms with van der Waals surface area (Å²) in [4.78, 5) is 16.5. The number of carbonyl (C=O) groups is 1. The lowest BCUT2D eigenvalue weighted by molar-refractivity contribution is 0.0702. The summed E-state index contributed by atoms with van der Waals surface area (Å²) in [5.74, 6) is -0.866. The molecule has 4 nitrogen and oxygen atoms in total. The minimum absolute atomic E-state index is 0.379. The van der Waals surface area contributed by atoms with Gasteiger partial charge in [-0.05, 0) is 30.2 Å². The van der Waals surface area contributed by atoms with E-state index in [2.05, 4.69) is 23.3 Å². The smallest absolute Gasteiger partial charge is 0.345 e. The van der Waals surface area contributed by atoms with E-state index in [1.54, 1.807) is 12.3 Å². The summed E-state index contributed by atoms with van der Waals surface area (Å²) in [7, 11) is 0. The molecule has 0 fully saturated rings. The summed E-state index contributed by atoms with van der Waals surface area (Å²) in [5, 5.41) is 12.1. The Morgan fingerprint density at radius 1 is 1.37 bits per heavy atom. The fourth-order valence-corrected chi connectivity index (χ4v) is 2.66. The van der Waals surface area contributed by atoms with Crippen molar-refractivity contribution in [3.05, 3.63) is 51.5 Å². The maximum absolute atomic E-state index is 10.8. The lowest BCUT2D eigenvalue weighted by Crippen LogP contribution is -2.14. The third-order valence-electron chi connectivity index (χ3n) is 2.83. The zero-order chi connectivity index (χ0) is 13.7. The molecule has 2 N–H and O–H groups in total. The number of aromatic carboxylic acids is 1. The van der Waals surface area contributed by atoms with Crippen molar-refractivity contribution in [1.82, 2.24) is 10.3 Å². The lowest BCUT2D eigenvalue weighted by Gasteiger charge is -2.07. The summed E-state index contributed by atoms with van der Waals surface area (Å²) in [6.45, 7) is 3.47. The molecule has 2 aromatic rings. The molecule has 100 valence electrons. The molecular formula is C14H16N2O2S. The Morgan fingerprint density at radius 3 is 2.89 bits per heavy atom. The highest BCUT2D eigenvalue weighted by Gasteiger charge is 2.07. The first-order valence-corrected chi connectivity index (χ1v) is 6.98. The van der Waals surface area contributed by atoms with E-state index in [4.69, 9.17) is 5.11 Å². The highest BCUT2D eigenvalue weighted by molar-refractivity contribution is 7.13. The Morgan fingerprint density at radius 2 is 2.21 bits per heavy atom. The van der Waals surface area contributed by atoms with E-state index < -0.39 is 5.97 Å². The van der Waals surface area contributed by atoms with Crippen molar-refractivity contribution >= 4 is 17.3 Å². The Hall–Kier alpha value is -1.72. The SMILES string of the molecule is CCc1cccnc1CNCc1ccc(C(=O)O)s1. The van der Waals surface area contributed by atoms with E-state index in [0.29, 0.717) is 18.0 Å². The van der Waals surface area contributed by atoms with Gasteiger partial charge in [-0.2, -0.15) is 0 Å². The molecule has 2 aromatic heterocycles. The number of pyridine rings is 1. The second-order valence-electron chi connectivity index (χ2n) is 4.14. The molecule has 0 aliphatic carbocycles. The van der Waals surface area contributed by atoms with Crippen LogP contribution in [-0.4, -0.2) is 16.1 Å². The number of hydrogen-bond donors (Lipinski definition) is 2. The lowest BCUT2D eigenvalue weighted by atomic mass is 10.1. The van der Waals surface area contributed by atoms with Gasteiger partial charge >= 0.3 is 5.97 Å². The largest absolute Gasteiger partial charge is 0.477 e. The zero-order valence-electron chi connectivity index (χ0n) is 10.7. The van der Waals surface area contributed by atoms with Crippen LogP contribution in [0.3, 0.4) is 0 Å². The van der Waals surface area contributed by atoms with Crippen LogP contribution in [0.15, 0.2) is 30.5 Å². The fourth-order valence-electron chi connectivity index (χ4n) is 1.84. The predicted molar refractivity (Wildman–Crippen MR) is 75.4 cm³/mol. The Bertz CT molecular complexity index is 566. The van der Waals surface area contributed by atoms with Crippen molar-refractivity contribution in [2.75, 3.05) is 0 Å². The van der Waals surface area contributed by atoms with Crippen LogP contribution in [0, 0.1) is 0 Å². The molecule has 0 aliphatic heterocycles. The summed E-state index contributed by atoms with van der Waals surface area (Å²) in [6.07, 6.45) is 2.76. The van der Waals surface area contributed by atoms with Crippen LogP contribution < -0.4 is 5.32 Å². The normalized spacial score (nSPS) is 10.6. The molecule has 0 atom stereocenters. The number of aryl methyl sites for hydroxylation is 1. The molecule has 0 spiro atoms. The van der Waals surface area contributed by atoms with Crippen molar-refractivity contribution in [3.8, 4) is 0 Å². The number of carboxylic acid groups (broad SMARTS) is 1. The molecule has 2 rings (SSSR count). The van der Waals surface area contributed by atoms with Crippen molar-refractivity contribution in [1.29, 1.82) is 0 Å². The van der Waals surface area contributed by atoms with Crippen molar-refractivity contribution in [2.24, 2.45) is 0 Å². The van der Waals surface area contributed by atoms with Gasteiger partial charge in [-0.1, -0.05) is 13.0 Å². The first kappa shape index (κ1) is 13.7. The van der Waals surface area contributed by atoms with Crippen molar-refractivity contribution in [2.45, 2.75) is 26.4 Å². The van der Waals surface area contributed by atoms with Gasteiger partial charge in [0.25, 0.3) is 0 Å². The predicted octanol–water partition coefficient (Wildman–Crippen LogP) is 2.69. The average molecular weight is 276 g/mol. The molecule has 0 aromatic carbocycles. The van der Waals surface area contributed by atoms with Crippen LogP contribution in [-0.2, 0) is 19.5 Å². The quantitative estimate of drug-likeness (QED) is 0.851. The maximum atomic E-state index is 10.8. The third-order valence-corrected chi connectivity index (χ3v) is 3.90. The van der Waals surface area contributed by atoms with Gasteiger partial charge in [0.1, 0.15) is 4.88 Å². The summed E-state index contributed by atoms with van der Waals surface area (Å²) in [6, 6.07) is 7.51. The number of rotatable bonds is 6. The van der Waals surface area contributed by atoms with Crippen molar-refractivity contribution < 1.29 is 9.90 Å². The molecule has 0 aliphatic rings. The van der Waals surface area contributed by atoms with Crippen LogP contribution in [0.25, 0.3) is 0 Å². The first-order valence-electron chi connectivity index (χ1n) is 6.16. The average Bonchev–Trinajstić information content (AvgIpc) is 2.88. The van der Waals surface area contributed by atoms with E-state index in [1.807, 2.05) is 12.1 Å². The molecule has 0 saturated heterocycles. The van der Waals surface area contributed by atoms with E-state index in [-0.39, 0.29) is 0 Å². The van der Waals surface area contributed by atoms with Gasteiger partial charge in [-0.15, -0.1) is 11.3 Å². The Kier molecular flexibility index (Phi) is 4.65. The highest BCUT2D eigenvalue weighted by atomic mass is 32.1. The summed E-state index contributed by atoms with van der Waals surface area (Å²) in [5.41, 5.74) is 2.30. The fraction of sp³-hybridized carbons (Fsp3) is 0.286. The van der Waals surface area contributed by atoms with Crippen LogP contribution >= 0.6 is 11.3 Å². The van der Waals surface area contributed by atoms with Crippen molar-refractivity contribution in [3.63, 3.8) is 0 Å². The molecule has 0 saturated carbocycles. The number of aromatic nitrogens is 1. The zero-order valence-corrected chi connectivity index (χ0v) is 11.5. The standard InChI is InChI=1S/C14H16N2O2S/c1-2-10-4-3-7-16-12(10)9-15-8-11-5-6-13(19-11)14(17)18/h3-7,15H,2,8-9H2,1H3,(H,17,18). The van der Waals surface area contributed by atoms with Crippen LogP contribution in [0.1, 0.15) is 32.7 Å². The molecule has 0 amide bonds. The van der Waals surface area contributed by atoms with Gasteiger partial charge in [-0.3, -0.25) is 4.98 Å². The van der Waals surface area contributed by atoms with Gasteiger partial charge < -0.3 is 10.4 Å². The summed E-state index contributed by atoms with van der Waals surface area (Å²) >= 11 is 1.30. The third kappa shape index (κ3) is 3.62. The van der Waals surface area contributed by atoms with E-state index in [0.717, 1.165) is 17.0 Å². The number of hydrogen-bond acceptors (Lipinski definition) is 4. The number of nitrogens with one attached hydrogen (secondary N) is 1. The maximum Gasteiger partial charge on any atom is 0.345 e. The second kappa shape index (κ2) is 6.45. The Labute approximate surface area is 116 Å². The second-order valence-corrected chi connectivity index (χ2v) is 5.31. The summed E-state index contributed by atoms with van der Waals surface area (Å²) < 4.78 is 0. The highest BCUT2D eigenvalue weighted by Crippen LogP contribution is 2.16. The molecular weight excluding hydrogens is 260 g/mol. The topological polar surface area (TPSA) is 62.2 Å². The van der Waals surface area contributed by atoms with E-state index in [9.17, 15) is 4.79 Å². The van der Waals surface area contributed by atoms with E-state index >= 15 is 0 Å². The number of carboxylic acids is 1. The molecule has 19 heavy (non-hydrogen) atoms. The number of thiophene rings is 1.